The second-order valence-electron chi connectivity index (χ2n) is 4.49. The van der Waals surface area contributed by atoms with Gasteiger partial charge in [-0.1, -0.05) is 42.5 Å². The predicted octanol–water partition coefficient (Wildman–Crippen LogP) is 1.80. The van der Waals surface area contributed by atoms with E-state index in [9.17, 15) is 4.79 Å². The van der Waals surface area contributed by atoms with E-state index in [1.807, 2.05) is 42.5 Å². The fraction of sp³-hybridized carbons (Fsp3) is 0. The highest BCUT2D eigenvalue weighted by Crippen LogP contribution is 2.19. The number of rotatable bonds is 2. The molecule has 21 heavy (non-hydrogen) atoms. The van der Waals surface area contributed by atoms with Gasteiger partial charge in [0.1, 0.15) is 0 Å². The van der Waals surface area contributed by atoms with Crippen LogP contribution < -0.4 is 11.5 Å². The topological polar surface area (TPSA) is 99.8 Å². The molecule has 0 bridgehead atoms. The number of hydrogen-bond donors (Lipinski definition) is 2. The maximum atomic E-state index is 12.3. The lowest BCUT2D eigenvalue weighted by Crippen LogP contribution is -2.16. The van der Waals surface area contributed by atoms with Crippen molar-refractivity contribution in [1.82, 2.24) is 14.8 Å². The molecule has 3 aromatic rings. The number of anilines is 2. The number of benzene rings is 2. The van der Waals surface area contributed by atoms with Gasteiger partial charge in [-0.15, -0.1) is 5.10 Å². The van der Waals surface area contributed by atoms with E-state index in [1.54, 1.807) is 12.1 Å². The lowest BCUT2D eigenvalue weighted by Gasteiger charge is -2.04. The van der Waals surface area contributed by atoms with Crippen LogP contribution in [0.2, 0.25) is 0 Å². The Morgan fingerprint density at radius 2 is 1.52 bits per heavy atom. The van der Waals surface area contributed by atoms with Crippen LogP contribution in [0.1, 0.15) is 10.4 Å². The molecule has 0 radical (unpaired) electrons. The predicted molar refractivity (Wildman–Crippen MR) is 80.5 cm³/mol. The van der Waals surface area contributed by atoms with Crippen molar-refractivity contribution < 1.29 is 4.79 Å². The molecule has 0 aliphatic rings. The third-order valence-electron chi connectivity index (χ3n) is 3.08. The Balaban J connectivity index is 1.91. The molecule has 1 heterocycles. The fourth-order valence-corrected chi connectivity index (χ4v) is 2.05. The summed E-state index contributed by atoms with van der Waals surface area (Å²) in [5.74, 6) is -0.414. The van der Waals surface area contributed by atoms with Crippen molar-refractivity contribution in [3.63, 3.8) is 0 Å². The summed E-state index contributed by atoms with van der Waals surface area (Å²) in [6.07, 6.45) is 0. The van der Waals surface area contributed by atoms with Crippen LogP contribution in [0, 0.1) is 0 Å². The smallest absolute Gasteiger partial charge is 0.281 e. The molecule has 3 rings (SSSR count). The maximum absolute atomic E-state index is 12.3. The van der Waals surface area contributed by atoms with E-state index in [0.29, 0.717) is 5.56 Å². The highest BCUT2D eigenvalue weighted by Gasteiger charge is 2.14. The Bertz CT molecular complexity index is 778. The van der Waals surface area contributed by atoms with E-state index >= 15 is 0 Å². The zero-order valence-corrected chi connectivity index (χ0v) is 11.1. The lowest BCUT2D eigenvalue weighted by molar-refractivity contribution is 0.0948. The largest absolute Gasteiger partial charge is 0.368 e. The van der Waals surface area contributed by atoms with Gasteiger partial charge in [-0.3, -0.25) is 4.79 Å². The van der Waals surface area contributed by atoms with Gasteiger partial charge in [-0.2, -0.15) is 9.67 Å². The van der Waals surface area contributed by atoms with Gasteiger partial charge in [-0.25, -0.2) is 0 Å². The summed E-state index contributed by atoms with van der Waals surface area (Å²) in [7, 11) is 0. The van der Waals surface area contributed by atoms with Crippen molar-refractivity contribution in [1.29, 1.82) is 0 Å². The Morgan fingerprint density at radius 1 is 0.905 bits per heavy atom. The van der Waals surface area contributed by atoms with Crippen LogP contribution in [0.3, 0.4) is 0 Å². The van der Waals surface area contributed by atoms with Crippen molar-refractivity contribution in [2.75, 3.05) is 11.5 Å². The molecule has 0 spiro atoms. The number of carbonyl (C=O) groups is 1. The molecular weight excluding hydrogens is 266 g/mol. The van der Waals surface area contributed by atoms with Gasteiger partial charge in [0.2, 0.25) is 11.9 Å². The molecule has 0 amide bonds. The van der Waals surface area contributed by atoms with E-state index < -0.39 is 0 Å². The standard InChI is InChI=1S/C15H13N5O/c16-14-18-15(17)20(19-14)13(21)12-8-6-11(7-9-12)10-4-2-1-3-5-10/h1-9H,(H4,16,17,18,19). The van der Waals surface area contributed by atoms with E-state index in [2.05, 4.69) is 10.1 Å². The van der Waals surface area contributed by atoms with Crippen molar-refractivity contribution in [3.05, 3.63) is 60.2 Å². The van der Waals surface area contributed by atoms with E-state index in [0.717, 1.165) is 15.8 Å². The van der Waals surface area contributed by atoms with Crippen LogP contribution in [0.25, 0.3) is 11.1 Å². The Labute approximate surface area is 121 Å². The normalized spacial score (nSPS) is 10.5. The third kappa shape index (κ3) is 2.46. The quantitative estimate of drug-likeness (QED) is 0.745. The van der Waals surface area contributed by atoms with Gasteiger partial charge in [0, 0.05) is 5.56 Å². The van der Waals surface area contributed by atoms with Crippen LogP contribution in [0.4, 0.5) is 11.9 Å². The van der Waals surface area contributed by atoms with E-state index in [1.165, 1.54) is 0 Å². The Hall–Kier alpha value is -3.15. The highest BCUT2D eigenvalue weighted by molar-refractivity contribution is 5.97. The monoisotopic (exact) mass is 279 g/mol. The first-order chi connectivity index (χ1) is 10.1. The van der Waals surface area contributed by atoms with Crippen LogP contribution in [0.5, 0.6) is 0 Å². The molecule has 0 atom stereocenters. The molecule has 0 fully saturated rings. The van der Waals surface area contributed by atoms with Crippen LogP contribution in [0.15, 0.2) is 54.6 Å². The van der Waals surface area contributed by atoms with E-state index in [4.69, 9.17) is 11.5 Å². The van der Waals surface area contributed by atoms with Crippen LogP contribution in [-0.4, -0.2) is 20.7 Å². The number of aromatic nitrogens is 3. The SMILES string of the molecule is Nc1nc(N)n(C(=O)c2ccc(-c3ccccc3)cc2)n1. The molecule has 104 valence electrons. The Morgan fingerprint density at radius 3 is 2.10 bits per heavy atom. The first kappa shape index (κ1) is 12.9. The minimum absolute atomic E-state index is 0.0235. The van der Waals surface area contributed by atoms with Gasteiger partial charge in [0.05, 0.1) is 0 Å². The van der Waals surface area contributed by atoms with Crippen molar-refractivity contribution in [2.45, 2.75) is 0 Å². The molecule has 4 N–H and O–H groups in total. The number of nitrogens with two attached hydrogens (primary N) is 2. The summed E-state index contributed by atoms with van der Waals surface area (Å²) in [5, 5.41) is 3.78. The molecule has 6 heteroatoms. The summed E-state index contributed by atoms with van der Waals surface area (Å²) < 4.78 is 0.993. The molecular formula is C15H13N5O. The fourth-order valence-electron chi connectivity index (χ4n) is 2.05. The van der Waals surface area contributed by atoms with Crippen LogP contribution >= 0.6 is 0 Å². The second-order valence-corrected chi connectivity index (χ2v) is 4.49. The number of hydrogen-bond acceptors (Lipinski definition) is 5. The van der Waals surface area contributed by atoms with Crippen molar-refractivity contribution in [3.8, 4) is 11.1 Å². The maximum Gasteiger partial charge on any atom is 0.281 e. The van der Waals surface area contributed by atoms with Gasteiger partial charge < -0.3 is 11.5 Å². The van der Waals surface area contributed by atoms with Gasteiger partial charge in [0.15, 0.2) is 0 Å². The minimum atomic E-state index is -0.365. The van der Waals surface area contributed by atoms with Gasteiger partial charge in [-0.05, 0) is 23.3 Å². The molecule has 0 unspecified atom stereocenters. The average Bonchev–Trinajstić information content (AvgIpc) is 2.86. The summed E-state index contributed by atoms with van der Waals surface area (Å²) in [6, 6.07) is 17.1. The zero-order chi connectivity index (χ0) is 14.8. The highest BCUT2D eigenvalue weighted by atomic mass is 16.2. The summed E-state index contributed by atoms with van der Waals surface area (Å²) >= 11 is 0. The summed E-state index contributed by atoms with van der Waals surface area (Å²) in [4.78, 5) is 16.0. The van der Waals surface area contributed by atoms with Crippen LogP contribution in [-0.2, 0) is 0 Å². The lowest BCUT2D eigenvalue weighted by atomic mass is 10.0. The number of nitrogen functional groups attached to an aromatic ring is 2. The second kappa shape index (κ2) is 5.09. The molecule has 2 aromatic carbocycles. The first-order valence-electron chi connectivity index (χ1n) is 6.33. The zero-order valence-electron chi connectivity index (χ0n) is 11.1. The Kier molecular flexibility index (Phi) is 3.12. The molecule has 1 aromatic heterocycles. The van der Waals surface area contributed by atoms with Crippen molar-refractivity contribution >= 4 is 17.8 Å². The molecule has 0 saturated heterocycles. The summed E-state index contributed by atoms with van der Waals surface area (Å²) in [6.45, 7) is 0. The third-order valence-corrected chi connectivity index (χ3v) is 3.08. The molecule has 6 nitrogen and oxygen atoms in total. The molecule has 0 saturated carbocycles. The number of carbonyl (C=O) groups excluding carboxylic acids is 1. The molecule has 0 aliphatic heterocycles. The van der Waals surface area contributed by atoms with Gasteiger partial charge in [0.25, 0.3) is 5.91 Å². The average molecular weight is 279 g/mol. The van der Waals surface area contributed by atoms with Gasteiger partial charge >= 0.3 is 0 Å². The first-order valence-corrected chi connectivity index (χ1v) is 6.33. The summed E-state index contributed by atoms with van der Waals surface area (Å²) in [5.41, 5.74) is 13.6. The number of nitrogens with zero attached hydrogens (tertiary/aromatic N) is 3. The van der Waals surface area contributed by atoms with E-state index in [-0.39, 0.29) is 17.8 Å². The molecule has 0 aliphatic carbocycles. The minimum Gasteiger partial charge on any atom is -0.368 e. The van der Waals surface area contributed by atoms with Crippen molar-refractivity contribution in [2.24, 2.45) is 0 Å².